The van der Waals surface area contributed by atoms with E-state index in [2.05, 4.69) is 0 Å². The minimum absolute atomic E-state index is 0.207. The molecule has 3 heteroatoms. The number of Topliss-reactive ketones (excluding diaryl/α,β-unsaturated/α-hetero) is 1. The highest BCUT2D eigenvalue weighted by Gasteiger charge is 2.08. The molecule has 0 aliphatic rings. The van der Waals surface area contributed by atoms with Gasteiger partial charge in [0.25, 0.3) is 0 Å². The molecule has 0 bridgehead atoms. The first-order valence-corrected chi connectivity index (χ1v) is 4.58. The number of hydrogen-bond acceptors (Lipinski definition) is 2. The van der Waals surface area contributed by atoms with Crippen molar-refractivity contribution in [1.82, 2.24) is 0 Å². The monoisotopic (exact) mass is 204 g/mol. The summed E-state index contributed by atoms with van der Waals surface area (Å²) in [5.74, 6) is -1.20. The zero-order chi connectivity index (χ0) is 11.3. The summed E-state index contributed by atoms with van der Waals surface area (Å²) >= 11 is 0. The van der Waals surface area contributed by atoms with Crippen molar-refractivity contribution in [1.29, 1.82) is 0 Å². The molecule has 1 aromatic carbocycles. The Hall–Kier alpha value is -1.90. The molecule has 0 spiro atoms. The third-order valence-electron chi connectivity index (χ3n) is 1.93. The Kier molecular flexibility index (Phi) is 3.80. The molecule has 15 heavy (non-hydrogen) atoms. The molecule has 0 atom stereocenters. The van der Waals surface area contributed by atoms with Crippen molar-refractivity contribution < 1.29 is 14.7 Å². The van der Waals surface area contributed by atoms with Crippen molar-refractivity contribution in [3.8, 4) is 0 Å². The van der Waals surface area contributed by atoms with E-state index < -0.39 is 5.97 Å². The van der Waals surface area contributed by atoms with Crippen molar-refractivity contribution in [3.05, 3.63) is 41.5 Å². The molecule has 78 valence electrons. The van der Waals surface area contributed by atoms with Crippen molar-refractivity contribution in [2.45, 2.75) is 13.3 Å². The Morgan fingerprint density at radius 2 is 1.87 bits per heavy atom. The van der Waals surface area contributed by atoms with Crippen LogP contribution in [0.1, 0.15) is 18.9 Å². The molecule has 0 aliphatic carbocycles. The van der Waals surface area contributed by atoms with Crippen molar-refractivity contribution >= 4 is 17.8 Å². The molecule has 0 radical (unpaired) electrons. The summed E-state index contributed by atoms with van der Waals surface area (Å²) in [6.45, 7) is 1.37. The van der Waals surface area contributed by atoms with Crippen LogP contribution >= 0.6 is 0 Å². The lowest BCUT2D eigenvalue weighted by atomic mass is 10.1. The van der Waals surface area contributed by atoms with E-state index in [9.17, 15) is 9.59 Å². The number of benzene rings is 1. The third-order valence-corrected chi connectivity index (χ3v) is 1.93. The normalized spacial score (nSPS) is 11.1. The van der Waals surface area contributed by atoms with Gasteiger partial charge >= 0.3 is 5.97 Å². The maximum atomic E-state index is 11.2. The first-order chi connectivity index (χ1) is 7.09. The van der Waals surface area contributed by atoms with E-state index in [4.69, 9.17) is 5.11 Å². The van der Waals surface area contributed by atoms with E-state index in [1.165, 1.54) is 6.92 Å². The summed E-state index contributed by atoms with van der Waals surface area (Å²) in [6, 6.07) is 9.19. The molecular weight excluding hydrogens is 192 g/mol. The minimum atomic E-state index is -0.993. The van der Waals surface area contributed by atoms with E-state index in [1.807, 2.05) is 30.3 Å². The van der Waals surface area contributed by atoms with Gasteiger partial charge in [0, 0.05) is 5.57 Å². The van der Waals surface area contributed by atoms with Gasteiger partial charge in [0.2, 0.25) is 0 Å². The molecular formula is C12H12O3. The van der Waals surface area contributed by atoms with Gasteiger partial charge in [0.05, 0.1) is 6.42 Å². The number of ketones is 1. The number of carbonyl (C=O) groups is 2. The van der Waals surface area contributed by atoms with Crippen molar-refractivity contribution in [2.24, 2.45) is 0 Å². The van der Waals surface area contributed by atoms with Crippen LogP contribution in [0.2, 0.25) is 0 Å². The fraction of sp³-hybridized carbons (Fsp3) is 0.167. The molecule has 0 aromatic heterocycles. The van der Waals surface area contributed by atoms with E-state index >= 15 is 0 Å². The number of aliphatic carboxylic acids is 1. The second-order valence-electron chi connectivity index (χ2n) is 3.21. The Morgan fingerprint density at radius 1 is 1.27 bits per heavy atom. The number of hydrogen-bond donors (Lipinski definition) is 1. The van der Waals surface area contributed by atoms with Gasteiger partial charge in [-0.15, -0.1) is 0 Å². The predicted molar refractivity (Wildman–Crippen MR) is 57.4 cm³/mol. The number of carboxylic acid groups (broad SMARTS) is 1. The predicted octanol–water partition coefficient (Wildman–Crippen LogP) is 2.13. The highest BCUT2D eigenvalue weighted by molar-refractivity contribution is 6.01. The summed E-state index contributed by atoms with van der Waals surface area (Å²) in [6.07, 6.45) is 1.38. The summed E-state index contributed by atoms with van der Waals surface area (Å²) in [4.78, 5) is 21.7. The molecule has 0 aliphatic heterocycles. The van der Waals surface area contributed by atoms with Gasteiger partial charge in [-0.05, 0) is 18.6 Å². The van der Waals surface area contributed by atoms with Crippen molar-refractivity contribution in [3.63, 3.8) is 0 Å². The lowest BCUT2D eigenvalue weighted by Gasteiger charge is -1.99. The Morgan fingerprint density at radius 3 is 2.33 bits per heavy atom. The summed E-state index contributed by atoms with van der Waals surface area (Å²) in [7, 11) is 0. The van der Waals surface area contributed by atoms with Crippen molar-refractivity contribution in [2.75, 3.05) is 0 Å². The summed E-state index contributed by atoms with van der Waals surface area (Å²) in [5.41, 5.74) is 1.15. The second-order valence-corrected chi connectivity index (χ2v) is 3.21. The Labute approximate surface area is 88.0 Å². The zero-order valence-electron chi connectivity index (χ0n) is 8.43. The molecule has 0 fully saturated rings. The molecule has 1 N–H and O–H groups in total. The van der Waals surface area contributed by atoms with Gasteiger partial charge in [-0.3, -0.25) is 9.59 Å². The highest BCUT2D eigenvalue weighted by atomic mass is 16.4. The molecule has 3 nitrogen and oxygen atoms in total. The van der Waals surface area contributed by atoms with Crippen LogP contribution in [0.5, 0.6) is 0 Å². The van der Waals surface area contributed by atoms with Crippen LogP contribution in [0.15, 0.2) is 35.9 Å². The Bertz CT molecular complexity index is 391. The van der Waals surface area contributed by atoms with Crippen LogP contribution in [0.4, 0.5) is 0 Å². The highest BCUT2D eigenvalue weighted by Crippen LogP contribution is 2.10. The fourth-order valence-corrected chi connectivity index (χ4v) is 1.19. The third kappa shape index (κ3) is 3.77. The molecule has 0 unspecified atom stereocenters. The van der Waals surface area contributed by atoms with Gasteiger partial charge in [-0.25, -0.2) is 0 Å². The smallest absolute Gasteiger partial charge is 0.307 e. The van der Waals surface area contributed by atoms with Gasteiger partial charge in [0.15, 0.2) is 5.78 Å². The number of carboxylic acids is 1. The van der Waals surface area contributed by atoms with Gasteiger partial charge in [-0.1, -0.05) is 30.3 Å². The fourth-order valence-electron chi connectivity index (χ4n) is 1.19. The van der Waals surface area contributed by atoms with E-state index in [-0.39, 0.29) is 12.2 Å². The van der Waals surface area contributed by atoms with E-state index in [0.717, 1.165) is 5.56 Å². The quantitative estimate of drug-likeness (QED) is 0.764. The summed E-state index contributed by atoms with van der Waals surface area (Å²) < 4.78 is 0. The maximum Gasteiger partial charge on any atom is 0.307 e. The first-order valence-electron chi connectivity index (χ1n) is 4.58. The molecule has 0 amide bonds. The molecule has 1 rings (SSSR count). The topological polar surface area (TPSA) is 54.4 Å². The Balaban J connectivity index is 2.94. The number of rotatable bonds is 4. The average Bonchev–Trinajstić information content (AvgIpc) is 2.17. The van der Waals surface area contributed by atoms with E-state index in [1.54, 1.807) is 6.08 Å². The minimum Gasteiger partial charge on any atom is -0.481 e. The molecule has 1 aromatic rings. The molecule has 0 heterocycles. The number of carbonyl (C=O) groups excluding carboxylic acids is 1. The van der Waals surface area contributed by atoms with Crippen LogP contribution in [0.3, 0.4) is 0 Å². The van der Waals surface area contributed by atoms with Gasteiger partial charge in [-0.2, -0.15) is 0 Å². The standard InChI is InChI=1S/C12H12O3/c1-9(13)11(8-12(14)15)7-10-5-3-2-4-6-10/h2-7H,8H2,1H3,(H,14,15)/b11-7-. The lowest BCUT2D eigenvalue weighted by molar-refractivity contribution is -0.136. The van der Waals surface area contributed by atoms with Crippen LogP contribution < -0.4 is 0 Å². The van der Waals surface area contributed by atoms with Gasteiger partial charge in [0.1, 0.15) is 0 Å². The summed E-state index contributed by atoms with van der Waals surface area (Å²) in [5, 5.41) is 8.62. The maximum absolute atomic E-state index is 11.2. The molecule has 0 saturated carbocycles. The zero-order valence-corrected chi connectivity index (χ0v) is 8.43. The SMILES string of the molecule is CC(=O)/C(=C\c1ccccc1)CC(=O)O. The second kappa shape index (κ2) is 5.10. The first kappa shape index (κ1) is 11.2. The van der Waals surface area contributed by atoms with Gasteiger partial charge < -0.3 is 5.11 Å². The van der Waals surface area contributed by atoms with E-state index in [0.29, 0.717) is 5.57 Å². The largest absolute Gasteiger partial charge is 0.481 e. The van der Waals surface area contributed by atoms with Crippen LogP contribution in [-0.4, -0.2) is 16.9 Å². The average molecular weight is 204 g/mol. The molecule has 0 saturated heterocycles. The lowest BCUT2D eigenvalue weighted by Crippen LogP contribution is -2.04. The van der Waals surface area contributed by atoms with Crippen LogP contribution in [0.25, 0.3) is 6.08 Å². The van der Waals surface area contributed by atoms with Crippen LogP contribution in [0, 0.1) is 0 Å². The van der Waals surface area contributed by atoms with Crippen LogP contribution in [-0.2, 0) is 9.59 Å².